The number of urea groups is 1. The molecule has 0 aliphatic carbocycles. The summed E-state index contributed by atoms with van der Waals surface area (Å²) in [6.45, 7) is 3.35. The van der Waals surface area contributed by atoms with E-state index in [0.29, 0.717) is 5.82 Å². The van der Waals surface area contributed by atoms with Crippen LogP contribution in [0, 0.1) is 6.92 Å². The van der Waals surface area contributed by atoms with Gasteiger partial charge < -0.3 is 9.42 Å². The molecule has 0 saturated carbocycles. The molecule has 6 nitrogen and oxygen atoms in total. The molecule has 2 rings (SSSR count). The Morgan fingerprint density at radius 1 is 1.57 bits per heavy atom. The summed E-state index contributed by atoms with van der Waals surface area (Å²) < 4.78 is 4.88. The summed E-state index contributed by atoms with van der Waals surface area (Å²) in [5.74, 6) is 0.531. The van der Waals surface area contributed by atoms with Crippen LogP contribution in [-0.2, 0) is 0 Å². The van der Waals surface area contributed by atoms with E-state index in [2.05, 4.69) is 10.1 Å². The van der Waals surface area contributed by atoms with Crippen molar-refractivity contribution in [1.82, 2.24) is 15.0 Å². The zero-order valence-corrected chi connectivity index (χ0v) is 8.23. The van der Waals surface area contributed by atoms with E-state index >= 15 is 0 Å². The van der Waals surface area contributed by atoms with Crippen molar-refractivity contribution >= 4 is 12.0 Å². The van der Waals surface area contributed by atoms with Gasteiger partial charge in [-0.15, -0.1) is 0 Å². The van der Waals surface area contributed by atoms with Crippen LogP contribution in [0.15, 0.2) is 4.52 Å². The smallest absolute Gasteiger partial charge is 0.324 e. The van der Waals surface area contributed by atoms with Gasteiger partial charge in [-0.2, -0.15) is 4.98 Å². The van der Waals surface area contributed by atoms with Gasteiger partial charge in [-0.1, -0.05) is 5.16 Å². The lowest BCUT2D eigenvalue weighted by Gasteiger charge is -2.32. The van der Waals surface area contributed by atoms with Crippen LogP contribution < -0.4 is 4.90 Å². The number of nitrogens with zero attached hydrogens (tertiary/aromatic N) is 4. The molecule has 1 saturated heterocycles. The molecular weight excluding hydrogens is 184 g/mol. The number of likely N-dealkylation sites (tertiary alicyclic amines) is 1. The van der Waals surface area contributed by atoms with Crippen LogP contribution in [0.4, 0.5) is 10.8 Å². The molecule has 1 aliphatic heterocycles. The summed E-state index contributed by atoms with van der Waals surface area (Å²) >= 11 is 0. The molecule has 0 bridgehead atoms. The Balaban J connectivity index is 2.07. The van der Waals surface area contributed by atoms with Crippen LogP contribution >= 0.6 is 0 Å². The van der Waals surface area contributed by atoms with Gasteiger partial charge in [0.05, 0.1) is 0 Å². The van der Waals surface area contributed by atoms with Crippen molar-refractivity contribution in [3.63, 3.8) is 0 Å². The third kappa shape index (κ3) is 1.43. The van der Waals surface area contributed by atoms with Crippen molar-refractivity contribution in [2.45, 2.75) is 13.3 Å². The Labute approximate surface area is 81.5 Å². The number of amides is 2. The van der Waals surface area contributed by atoms with Gasteiger partial charge in [0.2, 0.25) is 0 Å². The van der Waals surface area contributed by atoms with Crippen LogP contribution in [0.3, 0.4) is 0 Å². The van der Waals surface area contributed by atoms with Crippen molar-refractivity contribution in [2.75, 3.05) is 25.0 Å². The van der Waals surface area contributed by atoms with Gasteiger partial charge in [-0.25, -0.2) is 9.69 Å². The topological polar surface area (TPSA) is 62.5 Å². The zero-order valence-electron chi connectivity index (χ0n) is 8.23. The predicted molar refractivity (Wildman–Crippen MR) is 49.0 cm³/mol. The second-order valence-electron chi connectivity index (χ2n) is 3.31. The summed E-state index contributed by atoms with van der Waals surface area (Å²) in [7, 11) is 1.63. The molecular formula is C8H12N4O2. The quantitative estimate of drug-likeness (QED) is 0.661. The number of anilines is 1. The number of aryl methyl sites for hydroxylation is 1. The fourth-order valence-electron chi connectivity index (χ4n) is 1.22. The summed E-state index contributed by atoms with van der Waals surface area (Å²) in [6.07, 6.45) is 1.07. The van der Waals surface area contributed by atoms with E-state index in [0.717, 1.165) is 19.5 Å². The first kappa shape index (κ1) is 8.98. The molecule has 1 aliphatic rings. The van der Waals surface area contributed by atoms with Crippen LogP contribution in [0.1, 0.15) is 12.2 Å². The summed E-state index contributed by atoms with van der Waals surface area (Å²) in [5.41, 5.74) is 0. The maximum Gasteiger partial charge on any atom is 0.331 e. The first-order valence-electron chi connectivity index (χ1n) is 4.51. The molecule has 0 radical (unpaired) electrons. The molecule has 2 heterocycles. The number of hydrogen-bond donors (Lipinski definition) is 0. The average molecular weight is 196 g/mol. The lowest BCUT2D eigenvalue weighted by Crippen LogP contribution is -2.48. The highest BCUT2D eigenvalue weighted by molar-refractivity contribution is 5.89. The molecule has 1 aromatic rings. The van der Waals surface area contributed by atoms with E-state index in [9.17, 15) is 4.79 Å². The lowest BCUT2D eigenvalue weighted by atomic mass is 10.2. The van der Waals surface area contributed by atoms with Crippen molar-refractivity contribution in [3.05, 3.63) is 5.82 Å². The summed E-state index contributed by atoms with van der Waals surface area (Å²) in [4.78, 5) is 18.7. The van der Waals surface area contributed by atoms with Crippen LogP contribution in [-0.4, -0.2) is 41.2 Å². The molecule has 14 heavy (non-hydrogen) atoms. The Morgan fingerprint density at radius 3 is 2.71 bits per heavy atom. The fourth-order valence-corrected chi connectivity index (χ4v) is 1.22. The van der Waals surface area contributed by atoms with E-state index in [1.807, 2.05) is 0 Å². The molecule has 2 amide bonds. The lowest BCUT2D eigenvalue weighted by molar-refractivity contribution is 0.174. The van der Waals surface area contributed by atoms with E-state index in [-0.39, 0.29) is 12.0 Å². The Hall–Kier alpha value is -1.59. The fraction of sp³-hybridized carbons (Fsp3) is 0.625. The van der Waals surface area contributed by atoms with Crippen molar-refractivity contribution in [1.29, 1.82) is 0 Å². The summed E-state index contributed by atoms with van der Waals surface area (Å²) in [5, 5.41) is 3.62. The van der Waals surface area contributed by atoms with Gasteiger partial charge in [-0.05, 0) is 13.3 Å². The minimum Gasteiger partial charge on any atom is -0.324 e. The van der Waals surface area contributed by atoms with Gasteiger partial charge in [0, 0.05) is 20.1 Å². The van der Waals surface area contributed by atoms with E-state index in [1.165, 1.54) is 4.90 Å². The Kier molecular flexibility index (Phi) is 2.11. The number of rotatable bonds is 1. The van der Waals surface area contributed by atoms with Gasteiger partial charge in [0.1, 0.15) is 0 Å². The molecule has 0 spiro atoms. The second-order valence-corrected chi connectivity index (χ2v) is 3.31. The molecule has 0 atom stereocenters. The SMILES string of the molecule is Cc1noc(N(C)C(=O)N2CCC2)n1. The highest BCUT2D eigenvalue weighted by Crippen LogP contribution is 2.14. The highest BCUT2D eigenvalue weighted by Gasteiger charge is 2.26. The minimum atomic E-state index is -0.0834. The zero-order chi connectivity index (χ0) is 10.1. The van der Waals surface area contributed by atoms with Crippen LogP contribution in [0.25, 0.3) is 0 Å². The first-order chi connectivity index (χ1) is 6.68. The molecule has 0 N–H and O–H groups in total. The van der Waals surface area contributed by atoms with Gasteiger partial charge >= 0.3 is 12.0 Å². The molecule has 1 aromatic heterocycles. The van der Waals surface area contributed by atoms with Crippen molar-refractivity contribution in [3.8, 4) is 0 Å². The largest absolute Gasteiger partial charge is 0.331 e. The van der Waals surface area contributed by atoms with E-state index in [4.69, 9.17) is 4.52 Å². The maximum absolute atomic E-state index is 11.7. The molecule has 1 fully saturated rings. The van der Waals surface area contributed by atoms with E-state index < -0.39 is 0 Å². The molecule has 0 aromatic carbocycles. The molecule has 6 heteroatoms. The first-order valence-corrected chi connectivity index (χ1v) is 4.51. The van der Waals surface area contributed by atoms with Crippen molar-refractivity contribution in [2.24, 2.45) is 0 Å². The predicted octanol–water partition coefficient (Wildman–Crippen LogP) is 0.640. The third-order valence-electron chi connectivity index (χ3n) is 2.22. The van der Waals surface area contributed by atoms with Gasteiger partial charge in [0.15, 0.2) is 5.82 Å². The van der Waals surface area contributed by atoms with Gasteiger partial charge in [0.25, 0.3) is 0 Å². The van der Waals surface area contributed by atoms with Crippen molar-refractivity contribution < 1.29 is 9.32 Å². The van der Waals surface area contributed by atoms with Crippen LogP contribution in [0.5, 0.6) is 0 Å². The maximum atomic E-state index is 11.7. The highest BCUT2D eigenvalue weighted by atomic mass is 16.5. The van der Waals surface area contributed by atoms with Gasteiger partial charge in [-0.3, -0.25) is 0 Å². The Morgan fingerprint density at radius 2 is 2.29 bits per heavy atom. The second kappa shape index (κ2) is 3.28. The number of aromatic nitrogens is 2. The standard InChI is InChI=1S/C8H12N4O2/c1-6-9-7(14-10-6)11(2)8(13)12-4-3-5-12/h3-5H2,1-2H3. The normalized spacial score (nSPS) is 15.1. The third-order valence-corrected chi connectivity index (χ3v) is 2.22. The minimum absolute atomic E-state index is 0.0834. The summed E-state index contributed by atoms with van der Waals surface area (Å²) in [6, 6.07) is 0.166. The number of hydrogen-bond acceptors (Lipinski definition) is 4. The monoisotopic (exact) mass is 196 g/mol. The average Bonchev–Trinajstić information content (AvgIpc) is 2.47. The number of carbonyl (C=O) groups is 1. The molecule has 76 valence electrons. The van der Waals surface area contributed by atoms with Crippen LogP contribution in [0.2, 0.25) is 0 Å². The number of carbonyl (C=O) groups excluding carboxylic acids is 1. The molecule has 0 unspecified atom stereocenters. The Bertz CT molecular complexity index is 345. The van der Waals surface area contributed by atoms with E-state index in [1.54, 1.807) is 18.9 Å².